The summed E-state index contributed by atoms with van der Waals surface area (Å²) >= 11 is 0. The second kappa shape index (κ2) is 5.31. The van der Waals surface area contributed by atoms with Crippen molar-refractivity contribution in [3.05, 3.63) is 0 Å². The highest BCUT2D eigenvalue weighted by Gasteiger charge is 2.30. The van der Waals surface area contributed by atoms with Crippen molar-refractivity contribution < 1.29 is 0 Å². The van der Waals surface area contributed by atoms with Crippen molar-refractivity contribution in [1.29, 1.82) is 0 Å². The van der Waals surface area contributed by atoms with Gasteiger partial charge in [0.05, 0.1) is 0 Å². The average molecular weight is 210 g/mol. The normalized spacial score (nSPS) is 31.4. The monoisotopic (exact) mass is 210 g/mol. The molecule has 2 fully saturated rings. The lowest BCUT2D eigenvalue weighted by Crippen LogP contribution is -2.33. The summed E-state index contributed by atoms with van der Waals surface area (Å²) in [5.74, 6) is 0.947. The third-order valence-corrected chi connectivity index (χ3v) is 4.29. The van der Waals surface area contributed by atoms with Crippen molar-refractivity contribution >= 4 is 0 Å². The third kappa shape index (κ3) is 2.94. The van der Waals surface area contributed by atoms with Crippen molar-refractivity contribution in [2.75, 3.05) is 20.1 Å². The molecular formula is C13H26N2. The van der Waals surface area contributed by atoms with Crippen LogP contribution in [0.4, 0.5) is 0 Å². The molecule has 0 aromatic rings. The maximum atomic E-state index is 3.48. The molecule has 15 heavy (non-hydrogen) atoms. The van der Waals surface area contributed by atoms with E-state index < -0.39 is 0 Å². The van der Waals surface area contributed by atoms with E-state index in [0.717, 1.165) is 18.0 Å². The van der Waals surface area contributed by atoms with E-state index in [1.54, 1.807) is 0 Å². The molecule has 2 aliphatic carbocycles. The number of nitrogens with one attached hydrogen (secondary N) is 1. The molecule has 88 valence electrons. The summed E-state index contributed by atoms with van der Waals surface area (Å²) in [6.07, 6.45) is 8.61. The first-order valence-corrected chi connectivity index (χ1v) is 6.76. The van der Waals surface area contributed by atoms with Crippen LogP contribution < -0.4 is 5.32 Å². The van der Waals surface area contributed by atoms with Gasteiger partial charge in [0.1, 0.15) is 0 Å². The molecule has 2 unspecified atom stereocenters. The van der Waals surface area contributed by atoms with Gasteiger partial charge in [-0.2, -0.15) is 0 Å². The maximum Gasteiger partial charge on any atom is 0.00963 e. The molecule has 0 aromatic carbocycles. The highest BCUT2D eigenvalue weighted by molar-refractivity contribution is 4.87. The van der Waals surface area contributed by atoms with Crippen molar-refractivity contribution in [3.63, 3.8) is 0 Å². The van der Waals surface area contributed by atoms with Gasteiger partial charge in [-0.25, -0.2) is 0 Å². The largest absolute Gasteiger partial charge is 0.317 e. The summed E-state index contributed by atoms with van der Waals surface area (Å²) in [5.41, 5.74) is 0. The van der Waals surface area contributed by atoms with Gasteiger partial charge in [0.25, 0.3) is 0 Å². The summed E-state index contributed by atoms with van der Waals surface area (Å²) < 4.78 is 0. The van der Waals surface area contributed by atoms with Gasteiger partial charge in [0, 0.05) is 12.1 Å². The number of rotatable bonds is 6. The Hall–Kier alpha value is -0.0800. The van der Waals surface area contributed by atoms with Crippen molar-refractivity contribution in [2.45, 2.75) is 57.5 Å². The lowest BCUT2D eigenvalue weighted by molar-refractivity contribution is 0.244. The zero-order valence-electron chi connectivity index (χ0n) is 10.3. The van der Waals surface area contributed by atoms with Crippen LogP contribution in [0.2, 0.25) is 0 Å². The Labute approximate surface area is 94.4 Å². The molecule has 2 heteroatoms. The summed E-state index contributed by atoms with van der Waals surface area (Å²) in [7, 11) is 2.13. The molecule has 0 bridgehead atoms. The minimum atomic E-state index is 0.808. The molecule has 2 aliphatic rings. The van der Waals surface area contributed by atoms with Crippen molar-refractivity contribution in [1.82, 2.24) is 10.2 Å². The summed E-state index contributed by atoms with van der Waals surface area (Å²) in [5, 5.41) is 3.48. The number of nitrogens with zero attached hydrogens (tertiary/aromatic N) is 1. The molecule has 0 radical (unpaired) electrons. The van der Waals surface area contributed by atoms with Gasteiger partial charge >= 0.3 is 0 Å². The summed E-state index contributed by atoms with van der Waals surface area (Å²) in [6.45, 7) is 4.90. The molecule has 2 nitrogen and oxygen atoms in total. The van der Waals surface area contributed by atoms with Gasteiger partial charge in [-0.3, -0.25) is 0 Å². The molecule has 0 saturated heterocycles. The standard InChI is InChI=1S/C13H26N2/c1-3-15(12-7-8-12)10-9-11-5-4-6-13(11)14-2/h11-14H,3-10H2,1-2H3. The molecular weight excluding hydrogens is 184 g/mol. The third-order valence-electron chi connectivity index (χ3n) is 4.29. The van der Waals surface area contributed by atoms with Crippen LogP contribution in [0.1, 0.15) is 45.4 Å². The minimum absolute atomic E-state index is 0.808. The molecule has 0 spiro atoms. The van der Waals surface area contributed by atoms with Gasteiger partial charge in [0.15, 0.2) is 0 Å². The maximum absolute atomic E-state index is 3.48. The first-order valence-electron chi connectivity index (χ1n) is 6.76. The Balaban J connectivity index is 1.71. The van der Waals surface area contributed by atoms with E-state index in [1.165, 1.54) is 51.6 Å². The molecule has 0 amide bonds. The van der Waals surface area contributed by atoms with Crippen LogP contribution in [0, 0.1) is 5.92 Å². The Morgan fingerprint density at radius 2 is 2.00 bits per heavy atom. The van der Waals surface area contributed by atoms with Crippen molar-refractivity contribution in [2.24, 2.45) is 5.92 Å². The predicted octanol–water partition coefficient (Wildman–Crippen LogP) is 2.25. The van der Waals surface area contributed by atoms with Gasteiger partial charge in [-0.05, 0) is 58.2 Å². The van der Waals surface area contributed by atoms with E-state index >= 15 is 0 Å². The van der Waals surface area contributed by atoms with Crippen LogP contribution in [0.5, 0.6) is 0 Å². The van der Waals surface area contributed by atoms with E-state index in [0.29, 0.717) is 0 Å². The van der Waals surface area contributed by atoms with Crippen LogP contribution in [-0.2, 0) is 0 Å². The Morgan fingerprint density at radius 1 is 1.20 bits per heavy atom. The van der Waals surface area contributed by atoms with E-state index in [2.05, 4.69) is 24.2 Å². The molecule has 2 rings (SSSR count). The quantitative estimate of drug-likeness (QED) is 0.723. The van der Waals surface area contributed by atoms with E-state index in [4.69, 9.17) is 0 Å². The smallest absolute Gasteiger partial charge is 0.00963 e. The lowest BCUT2D eigenvalue weighted by Gasteiger charge is -2.24. The van der Waals surface area contributed by atoms with Gasteiger partial charge in [-0.15, -0.1) is 0 Å². The minimum Gasteiger partial charge on any atom is -0.317 e. The van der Waals surface area contributed by atoms with Crippen LogP contribution in [0.3, 0.4) is 0 Å². The topological polar surface area (TPSA) is 15.3 Å². The Kier molecular flexibility index (Phi) is 4.04. The number of hydrogen-bond acceptors (Lipinski definition) is 2. The second-order valence-corrected chi connectivity index (χ2v) is 5.23. The zero-order valence-corrected chi connectivity index (χ0v) is 10.3. The summed E-state index contributed by atoms with van der Waals surface area (Å²) in [6, 6.07) is 1.76. The van der Waals surface area contributed by atoms with Crippen LogP contribution in [0.15, 0.2) is 0 Å². The fourth-order valence-corrected chi connectivity index (χ4v) is 3.13. The summed E-state index contributed by atoms with van der Waals surface area (Å²) in [4.78, 5) is 2.69. The molecule has 0 aromatic heterocycles. The molecule has 0 aliphatic heterocycles. The second-order valence-electron chi connectivity index (χ2n) is 5.23. The van der Waals surface area contributed by atoms with Gasteiger partial charge < -0.3 is 10.2 Å². The Morgan fingerprint density at radius 3 is 2.60 bits per heavy atom. The zero-order chi connectivity index (χ0) is 10.7. The first-order chi connectivity index (χ1) is 7.35. The Bertz CT molecular complexity index is 189. The van der Waals surface area contributed by atoms with E-state index in [-0.39, 0.29) is 0 Å². The SMILES string of the molecule is CCN(CCC1CCCC1NC)C1CC1. The predicted molar refractivity (Wildman–Crippen MR) is 65.1 cm³/mol. The van der Waals surface area contributed by atoms with Crippen LogP contribution in [-0.4, -0.2) is 37.1 Å². The van der Waals surface area contributed by atoms with E-state index in [9.17, 15) is 0 Å². The van der Waals surface area contributed by atoms with Crippen molar-refractivity contribution in [3.8, 4) is 0 Å². The van der Waals surface area contributed by atoms with Gasteiger partial charge in [0.2, 0.25) is 0 Å². The molecule has 2 atom stereocenters. The molecule has 2 saturated carbocycles. The fraction of sp³-hybridized carbons (Fsp3) is 1.00. The van der Waals surface area contributed by atoms with Crippen LogP contribution in [0.25, 0.3) is 0 Å². The lowest BCUT2D eigenvalue weighted by atomic mass is 9.99. The highest BCUT2D eigenvalue weighted by atomic mass is 15.2. The van der Waals surface area contributed by atoms with Crippen LogP contribution >= 0.6 is 0 Å². The van der Waals surface area contributed by atoms with E-state index in [1.807, 2.05) is 0 Å². The number of hydrogen-bond donors (Lipinski definition) is 1. The highest BCUT2D eigenvalue weighted by Crippen LogP contribution is 2.31. The van der Waals surface area contributed by atoms with Gasteiger partial charge in [-0.1, -0.05) is 13.3 Å². The fourth-order valence-electron chi connectivity index (χ4n) is 3.13. The molecule has 0 heterocycles. The first kappa shape index (κ1) is 11.4. The average Bonchev–Trinajstić information content (AvgIpc) is 2.98. The molecule has 1 N–H and O–H groups in total.